The van der Waals surface area contributed by atoms with Crippen molar-refractivity contribution in [3.63, 3.8) is 0 Å². The normalized spacial score (nSPS) is 10.8. The topological polar surface area (TPSA) is 90.0 Å². The molecular formula is C20H18N4O2. The third kappa shape index (κ3) is 4.45. The monoisotopic (exact) mass is 346 g/mol. The molecule has 130 valence electrons. The van der Waals surface area contributed by atoms with Gasteiger partial charge in [0.15, 0.2) is 0 Å². The molecular weight excluding hydrogens is 328 g/mol. The van der Waals surface area contributed by atoms with E-state index in [0.29, 0.717) is 12.1 Å². The Morgan fingerprint density at radius 3 is 2.65 bits per heavy atom. The predicted molar refractivity (Wildman–Crippen MR) is 99.4 cm³/mol. The molecule has 26 heavy (non-hydrogen) atoms. The fourth-order valence-corrected chi connectivity index (χ4v) is 2.42. The molecule has 0 fully saturated rings. The van der Waals surface area contributed by atoms with E-state index in [1.165, 1.54) is 6.08 Å². The summed E-state index contributed by atoms with van der Waals surface area (Å²) in [6.07, 6.45) is 8.45. The molecule has 3 aromatic rings. The summed E-state index contributed by atoms with van der Waals surface area (Å²) in [6, 6.07) is 14.6. The van der Waals surface area contributed by atoms with Crippen LogP contribution in [0.15, 0.2) is 73.3 Å². The van der Waals surface area contributed by atoms with Crippen LogP contribution in [0.3, 0.4) is 0 Å². The van der Waals surface area contributed by atoms with Gasteiger partial charge in [-0.2, -0.15) is 0 Å². The predicted octanol–water partition coefficient (Wildman–Crippen LogP) is 2.30. The molecule has 0 aliphatic rings. The molecule has 1 heterocycles. The van der Waals surface area contributed by atoms with Crippen molar-refractivity contribution in [3.8, 4) is 5.69 Å². The zero-order valence-electron chi connectivity index (χ0n) is 14.0. The van der Waals surface area contributed by atoms with Gasteiger partial charge in [0.2, 0.25) is 11.8 Å². The van der Waals surface area contributed by atoms with E-state index in [4.69, 9.17) is 5.73 Å². The fraction of sp³-hybridized carbons (Fsp3) is 0.0500. The highest BCUT2D eigenvalue weighted by atomic mass is 16.1. The van der Waals surface area contributed by atoms with E-state index in [0.717, 1.165) is 16.8 Å². The third-order valence-electron chi connectivity index (χ3n) is 3.80. The van der Waals surface area contributed by atoms with Crippen molar-refractivity contribution in [2.45, 2.75) is 6.54 Å². The molecule has 6 nitrogen and oxygen atoms in total. The number of nitrogens with zero attached hydrogens (tertiary/aromatic N) is 2. The van der Waals surface area contributed by atoms with Gasteiger partial charge in [-0.05, 0) is 41.5 Å². The number of nitrogens with two attached hydrogens (primary N) is 1. The Morgan fingerprint density at radius 2 is 1.96 bits per heavy atom. The minimum Gasteiger partial charge on any atom is -0.366 e. The maximum absolute atomic E-state index is 12.0. The smallest absolute Gasteiger partial charge is 0.248 e. The molecule has 0 radical (unpaired) electrons. The molecule has 3 rings (SSSR count). The number of carbonyl (C=O) groups excluding carboxylic acids is 2. The first kappa shape index (κ1) is 17.2. The number of imidazole rings is 1. The highest BCUT2D eigenvalue weighted by Gasteiger charge is 2.01. The van der Waals surface area contributed by atoms with Gasteiger partial charge in [-0.15, -0.1) is 0 Å². The van der Waals surface area contributed by atoms with Crippen LogP contribution < -0.4 is 11.1 Å². The van der Waals surface area contributed by atoms with Crippen LogP contribution >= 0.6 is 0 Å². The SMILES string of the molecule is NC(=O)c1ccc(C=CC(=O)NCc2cccc(-n3ccnc3)c2)cc1. The standard InChI is InChI=1S/C20H18N4O2/c21-20(26)17-7-4-15(5-8-17)6-9-19(25)23-13-16-2-1-3-18(12-16)24-11-10-22-14-24/h1-12,14H,13H2,(H2,21,26)(H,23,25). The molecule has 0 saturated heterocycles. The Labute approximate surface area is 151 Å². The van der Waals surface area contributed by atoms with Gasteiger partial charge < -0.3 is 15.6 Å². The average molecular weight is 346 g/mol. The van der Waals surface area contributed by atoms with Crippen LogP contribution in [-0.2, 0) is 11.3 Å². The van der Waals surface area contributed by atoms with Crippen molar-refractivity contribution in [1.82, 2.24) is 14.9 Å². The number of amides is 2. The van der Waals surface area contributed by atoms with E-state index in [9.17, 15) is 9.59 Å². The molecule has 0 aliphatic heterocycles. The van der Waals surface area contributed by atoms with E-state index in [1.807, 2.05) is 35.0 Å². The average Bonchev–Trinajstić information content (AvgIpc) is 3.20. The number of benzene rings is 2. The van der Waals surface area contributed by atoms with Gasteiger partial charge in [0.05, 0.1) is 6.33 Å². The quantitative estimate of drug-likeness (QED) is 0.671. The molecule has 1 aromatic heterocycles. The molecule has 2 aromatic carbocycles. The first-order valence-corrected chi connectivity index (χ1v) is 8.05. The second-order valence-electron chi connectivity index (χ2n) is 5.68. The summed E-state index contributed by atoms with van der Waals surface area (Å²) in [5, 5.41) is 2.85. The first-order valence-electron chi connectivity index (χ1n) is 8.05. The first-order chi connectivity index (χ1) is 12.6. The van der Waals surface area contributed by atoms with Crippen molar-refractivity contribution in [2.75, 3.05) is 0 Å². The van der Waals surface area contributed by atoms with Gasteiger partial charge >= 0.3 is 0 Å². The lowest BCUT2D eigenvalue weighted by Crippen LogP contribution is -2.20. The largest absolute Gasteiger partial charge is 0.366 e. The Bertz CT molecular complexity index is 929. The minimum atomic E-state index is -0.476. The Kier molecular flexibility index (Phi) is 5.24. The van der Waals surface area contributed by atoms with Crippen molar-refractivity contribution in [2.24, 2.45) is 5.73 Å². The number of hydrogen-bond acceptors (Lipinski definition) is 3. The van der Waals surface area contributed by atoms with Crippen molar-refractivity contribution in [3.05, 3.63) is 90.0 Å². The van der Waals surface area contributed by atoms with Gasteiger partial charge in [0, 0.05) is 36.3 Å². The van der Waals surface area contributed by atoms with Gasteiger partial charge in [-0.3, -0.25) is 9.59 Å². The van der Waals surface area contributed by atoms with Crippen LogP contribution in [0, 0.1) is 0 Å². The number of hydrogen-bond donors (Lipinski definition) is 2. The van der Waals surface area contributed by atoms with E-state index < -0.39 is 5.91 Å². The molecule has 0 bridgehead atoms. The minimum absolute atomic E-state index is 0.197. The summed E-state index contributed by atoms with van der Waals surface area (Å²) >= 11 is 0. The zero-order valence-corrected chi connectivity index (χ0v) is 14.0. The second kappa shape index (κ2) is 7.94. The van der Waals surface area contributed by atoms with Crippen LogP contribution in [0.2, 0.25) is 0 Å². The van der Waals surface area contributed by atoms with Gasteiger partial charge in [0.25, 0.3) is 0 Å². The van der Waals surface area contributed by atoms with Crippen molar-refractivity contribution >= 4 is 17.9 Å². The second-order valence-corrected chi connectivity index (χ2v) is 5.68. The molecule has 0 aliphatic carbocycles. The van der Waals surface area contributed by atoms with Crippen LogP contribution in [0.25, 0.3) is 11.8 Å². The molecule has 0 saturated carbocycles. The van der Waals surface area contributed by atoms with Gasteiger partial charge in [-0.1, -0.05) is 24.3 Å². The summed E-state index contributed by atoms with van der Waals surface area (Å²) in [4.78, 5) is 27.1. The fourth-order valence-electron chi connectivity index (χ4n) is 2.42. The van der Waals surface area contributed by atoms with Crippen LogP contribution in [0.5, 0.6) is 0 Å². The lowest BCUT2D eigenvalue weighted by molar-refractivity contribution is -0.116. The number of rotatable bonds is 6. The molecule has 0 atom stereocenters. The number of aromatic nitrogens is 2. The molecule has 0 unspecified atom stereocenters. The summed E-state index contributed by atoms with van der Waals surface area (Å²) in [5.74, 6) is -0.673. The third-order valence-corrected chi connectivity index (χ3v) is 3.80. The van der Waals surface area contributed by atoms with Gasteiger partial charge in [-0.25, -0.2) is 4.98 Å². The maximum atomic E-state index is 12.0. The van der Waals surface area contributed by atoms with Crippen LogP contribution in [0.4, 0.5) is 0 Å². The highest BCUT2D eigenvalue weighted by Crippen LogP contribution is 2.10. The number of primary amides is 1. The Hall–Kier alpha value is -3.67. The summed E-state index contributed by atoms with van der Waals surface area (Å²) < 4.78 is 1.90. The number of carbonyl (C=O) groups is 2. The Morgan fingerprint density at radius 1 is 1.15 bits per heavy atom. The molecule has 2 amide bonds. The molecule has 6 heteroatoms. The van der Waals surface area contributed by atoms with E-state index in [2.05, 4.69) is 10.3 Å². The Balaban J connectivity index is 1.57. The summed E-state index contributed by atoms with van der Waals surface area (Å²) in [7, 11) is 0. The summed E-state index contributed by atoms with van der Waals surface area (Å²) in [5.41, 5.74) is 8.42. The molecule has 0 spiro atoms. The van der Waals surface area contributed by atoms with Crippen LogP contribution in [0.1, 0.15) is 21.5 Å². The number of nitrogens with one attached hydrogen (secondary N) is 1. The van der Waals surface area contributed by atoms with Crippen molar-refractivity contribution < 1.29 is 9.59 Å². The van der Waals surface area contributed by atoms with Crippen molar-refractivity contribution in [1.29, 1.82) is 0 Å². The molecule has 3 N–H and O–H groups in total. The van der Waals surface area contributed by atoms with E-state index in [1.54, 1.807) is 42.9 Å². The van der Waals surface area contributed by atoms with E-state index in [-0.39, 0.29) is 5.91 Å². The summed E-state index contributed by atoms with van der Waals surface area (Å²) in [6.45, 7) is 0.423. The van der Waals surface area contributed by atoms with Gasteiger partial charge in [0.1, 0.15) is 0 Å². The van der Waals surface area contributed by atoms with E-state index >= 15 is 0 Å². The lowest BCUT2D eigenvalue weighted by Gasteiger charge is -2.06. The lowest BCUT2D eigenvalue weighted by atomic mass is 10.1. The zero-order chi connectivity index (χ0) is 18.4. The highest BCUT2D eigenvalue weighted by molar-refractivity contribution is 5.94. The van der Waals surface area contributed by atoms with Crippen LogP contribution in [-0.4, -0.2) is 21.4 Å². The maximum Gasteiger partial charge on any atom is 0.248 e.